The van der Waals surface area contributed by atoms with Gasteiger partial charge in [-0.2, -0.15) is 0 Å². The summed E-state index contributed by atoms with van der Waals surface area (Å²) in [5, 5.41) is 0. The zero-order valence-electron chi connectivity index (χ0n) is 13.1. The number of pyridine rings is 1. The molecule has 4 heteroatoms. The Labute approximate surface area is 138 Å². The number of hydrogen-bond acceptors (Lipinski definition) is 4. The lowest BCUT2D eigenvalue weighted by Gasteiger charge is -2.25. The van der Waals surface area contributed by atoms with Crippen LogP contribution in [0.3, 0.4) is 0 Å². The van der Waals surface area contributed by atoms with Crippen LogP contribution in [-0.2, 0) is 6.42 Å². The van der Waals surface area contributed by atoms with Gasteiger partial charge in [0.25, 0.3) is 0 Å². The second kappa shape index (κ2) is 7.16. The lowest BCUT2D eigenvalue weighted by Crippen LogP contribution is -2.29. The van der Waals surface area contributed by atoms with E-state index in [4.69, 9.17) is 0 Å². The summed E-state index contributed by atoms with van der Waals surface area (Å²) in [6.07, 6.45) is 3.96. The number of nitrogens with zero attached hydrogens (tertiary/aromatic N) is 3. The molecule has 0 amide bonds. The van der Waals surface area contributed by atoms with Crippen molar-refractivity contribution in [2.24, 2.45) is 0 Å². The van der Waals surface area contributed by atoms with Crippen molar-refractivity contribution >= 4 is 18.3 Å². The first-order valence-corrected chi connectivity index (χ1v) is 8.32. The van der Waals surface area contributed by atoms with Gasteiger partial charge in [0.2, 0.25) is 0 Å². The molecule has 0 spiro atoms. The Bertz CT molecular complexity index is 629. The Hall–Kier alpha value is -1.52. The van der Waals surface area contributed by atoms with Gasteiger partial charge in [-0.05, 0) is 49.8 Å². The smallest absolute Gasteiger partial charge is 0.0680 e. The summed E-state index contributed by atoms with van der Waals surface area (Å²) in [5.41, 5.74) is 3.70. The average molecular weight is 313 g/mol. The predicted octanol–water partition coefficient (Wildman–Crippen LogP) is 3.10. The Kier molecular flexibility index (Phi) is 5.01. The number of thiol groups is 1. The van der Waals surface area contributed by atoms with Crippen LogP contribution in [0.5, 0.6) is 0 Å². The summed E-state index contributed by atoms with van der Waals surface area (Å²) in [5.74, 6) is 0. The van der Waals surface area contributed by atoms with Crippen molar-refractivity contribution < 1.29 is 0 Å². The Balaban J connectivity index is 1.83. The van der Waals surface area contributed by atoms with Crippen LogP contribution < -0.4 is 4.90 Å². The van der Waals surface area contributed by atoms with Crippen LogP contribution >= 0.6 is 12.6 Å². The van der Waals surface area contributed by atoms with Gasteiger partial charge in [0.15, 0.2) is 0 Å². The van der Waals surface area contributed by atoms with Crippen LogP contribution in [0.4, 0.5) is 5.69 Å². The normalized spacial score (nSPS) is 16.5. The molecule has 0 unspecified atom stereocenters. The molecule has 3 nitrogen and oxygen atoms in total. The molecule has 0 saturated carbocycles. The molecule has 3 rings (SSSR count). The molecule has 1 aliphatic heterocycles. The lowest BCUT2D eigenvalue weighted by molar-refractivity contribution is 0.360. The quantitative estimate of drug-likeness (QED) is 0.879. The third-order valence-electron chi connectivity index (χ3n) is 4.21. The van der Waals surface area contributed by atoms with Gasteiger partial charge >= 0.3 is 0 Å². The minimum Gasteiger partial charge on any atom is -0.369 e. The van der Waals surface area contributed by atoms with Gasteiger partial charge in [-0.1, -0.05) is 12.1 Å². The van der Waals surface area contributed by atoms with E-state index in [0.717, 1.165) is 36.6 Å². The maximum absolute atomic E-state index is 4.65. The highest BCUT2D eigenvalue weighted by atomic mass is 32.1. The van der Waals surface area contributed by atoms with Crippen LogP contribution in [0.1, 0.15) is 17.7 Å². The monoisotopic (exact) mass is 313 g/mol. The Morgan fingerprint density at radius 2 is 2.00 bits per heavy atom. The fraction of sp³-hybridized carbons (Fsp3) is 0.389. The zero-order valence-corrected chi connectivity index (χ0v) is 14.0. The summed E-state index contributed by atoms with van der Waals surface area (Å²) in [7, 11) is 2.20. The molecule has 2 aromatic rings. The fourth-order valence-electron chi connectivity index (χ4n) is 3.00. The van der Waals surface area contributed by atoms with Crippen LogP contribution in [-0.4, -0.2) is 43.1 Å². The van der Waals surface area contributed by atoms with Crippen molar-refractivity contribution in [2.45, 2.75) is 17.7 Å². The van der Waals surface area contributed by atoms with E-state index in [1.54, 1.807) is 0 Å². The van der Waals surface area contributed by atoms with Crippen LogP contribution in [0.25, 0.3) is 0 Å². The van der Waals surface area contributed by atoms with Gasteiger partial charge in [0, 0.05) is 37.1 Å². The van der Waals surface area contributed by atoms with Gasteiger partial charge in [-0.15, -0.1) is 12.6 Å². The van der Waals surface area contributed by atoms with Gasteiger partial charge in [0.1, 0.15) is 0 Å². The topological polar surface area (TPSA) is 19.4 Å². The molecule has 1 aromatic carbocycles. The van der Waals surface area contributed by atoms with E-state index in [2.05, 4.69) is 58.7 Å². The first kappa shape index (κ1) is 15.4. The van der Waals surface area contributed by atoms with Crippen LogP contribution in [0.15, 0.2) is 47.5 Å². The van der Waals surface area contributed by atoms with E-state index in [-0.39, 0.29) is 0 Å². The van der Waals surface area contributed by atoms with Crippen LogP contribution in [0, 0.1) is 0 Å². The standard InChI is InChI=1S/C18H23N3S/c1-20-9-4-10-21(12-11-20)18-7-3-8-19-17(18)14-15-5-2-6-16(22)13-15/h2-3,5-8,13,22H,4,9-12,14H2,1H3. The highest BCUT2D eigenvalue weighted by Crippen LogP contribution is 2.23. The number of anilines is 1. The molecule has 0 radical (unpaired) electrons. The second-order valence-corrected chi connectivity index (χ2v) is 6.48. The summed E-state index contributed by atoms with van der Waals surface area (Å²) >= 11 is 4.44. The zero-order chi connectivity index (χ0) is 15.4. The molecule has 1 aromatic heterocycles. The number of rotatable bonds is 3. The molecule has 1 fully saturated rings. The molecular weight excluding hydrogens is 290 g/mol. The molecule has 22 heavy (non-hydrogen) atoms. The lowest BCUT2D eigenvalue weighted by atomic mass is 10.1. The van der Waals surface area contributed by atoms with E-state index in [1.807, 2.05) is 18.3 Å². The third kappa shape index (κ3) is 3.81. The van der Waals surface area contributed by atoms with Gasteiger partial charge in [-0.25, -0.2) is 0 Å². The van der Waals surface area contributed by atoms with E-state index < -0.39 is 0 Å². The molecule has 0 N–H and O–H groups in total. The first-order valence-electron chi connectivity index (χ1n) is 7.87. The Morgan fingerprint density at radius 3 is 2.86 bits per heavy atom. The molecule has 0 bridgehead atoms. The molecule has 1 saturated heterocycles. The highest BCUT2D eigenvalue weighted by molar-refractivity contribution is 7.80. The van der Waals surface area contributed by atoms with E-state index >= 15 is 0 Å². The van der Waals surface area contributed by atoms with Crippen molar-refractivity contribution in [1.29, 1.82) is 0 Å². The summed E-state index contributed by atoms with van der Waals surface area (Å²) in [6.45, 7) is 4.46. The second-order valence-electron chi connectivity index (χ2n) is 5.96. The van der Waals surface area contributed by atoms with Gasteiger partial charge in [0.05, 0.1) is 11.4 Å². The largest absolute Gasteiger partial charge is 0.369 e. The Morgan fingerprint density at radius 1 is 1.09 bits per heavy atom. The van der Waals surface area contributed by atoms with Crippen molar-refractivity contribution in [1.82, 2.24) is 9.88 Å². The molecular formula is C18H23N3S. The van der Waals surface area contributed by atoms with Crippen molar-refractivity contribution in [2.75, 3.05) is 38.1 Å². The molecule has 116 valence electrons. The van der Waals surface area contributed by atoms with E-state index in [9.17, 15) is 0 Å². The van der Waals surface area contributed by atoms with Crippen molar-refractivity contribution in [3.8, 4) is 0 Å². The summed E-state index contributed by atoms with van der Waals surface area (Å²) in [6, 6.07) is 12.6. The molecule has 2 heterocycles. The average Bonchev–Trinajstić information content (AvgIpc) is 2.73. The minimum atomic E-state index is 0.858. The van der Waals surface area contributed by atoms with Crippen LogP contribution in [0.2, 0.25) is 0 Å². The summed E-state index contributed by atoms with van der Waals surface area (Å²) < 4.78 is 0. The number of hydrogen-bond donors (Lipinski definition) is 1. The van der Waals surface area contributed by atoms with Gasteiger partial charge < -0.3 is 9.80 Å². The summed E-state index contributed by atoms with van der Waals surface area (Å²) in [4.78, 5) is 10.5. The van der Waals surface area contributed by atoms with Crippen molar-refractivity contribution in [3.63, 3.8) is 0 Å². The maximum atomic E-state index is 4.65. The maximum Gasteiger partial charge on any atom is 0.0680 e. The van der Waals surface area contributed by atoms with Gasteiger partial charge in [-0.3, -0.25) is 4.98 Å². The fourth-order valence-corrected chi connectivity index (χ4v) is 3.25. The molecule has 0 atom stereocenters. The third-order valence-corrected chi connectivity index (χ3v) is 4.49. The van der Waals surface area contributed by atoms with Crippen molar-refractivity contribution in [3.05, 3.63) is 53.9 Å². The molecule has 1 aliphatic rings. The number of benzene rings is 1. The minimum absolute atomic E-state index is 0.858. The SMILES string of the molecule is CN1CCCN(c2cccnc2Cc2cccc(S)c2)CC1. The highest BCUT2D eigenvalue weighted by Gasteiger charge is 2.16. The predicted molar refractivity (Wildman–Crippen MR) is 95.1 cm³/mol. The first-order chi connectivity index (χ1) is 10.7. The van der Waals surface area contributed by atoms with E-state index in [0.29, 0.717) is 0 Å². The number of likely N-dealkylation sites (N-methyl/N-ethyl adjacent to an activating group) is 1. The van der Waals surface area contributed by atoms with E-state index in [1.165, 1.54) is 24.2 Å². The number of aromatic nitrogens is 1. The molecule has 0 aliphatic carbocycles.